The van der Waals surface area contributed by atoms with Crippen molar-refractivity contribution in [3.63, 3.8) is 0 Å². The molecule has 10 nitrogen and oxygen atoms in total. The molecule has 1 aliphatic carbocycles. The minimum absolute atomic E-state index is 0.0387. The maximum Gasteiger partial charge on any atom is 0.205 e. The van der Waals surface area contributed by atoms with Gasteiger partial charge < -0.3 is 15.3 Å². The molecule has 1 aromatic carbocycles. The van der Waals surface area contributed by atoms with Crippen LogP contribution in [-0.2, 0) is 7.05 Å². The standard InChI is InChI=1S/C23H28FN9O/c1-22-8-9-23(2,30-22)19(24)16(11-22)33(14-5-6-14)18-12-25-21(27-26-18)15-7-4-13(10-17(15)34)20-28-31-32(3)29-20/h4,7,10,12,14,16,19,30,34H,5-6,8-9,11H2,1-3H3/t16-,19-,22-,23+/m0/s1/i5D2,6D2,14D. The van der Waals surface area contributed by atoms with Crippen molar-refractivity contribution in [3.05, 3.63) is 24.4 Å². The number of hydrogen-bond acceptors (Lipinski definition) is 9. The molecule has 4 atom stereocenters. The Kier molecular flexibility index (Phi) is 3.57. The van der Waals surface area contributed by atoms with Crippen molar-refractivity contribution >= 4 is 5.82 Å². The number of aromatic nitrogens is 7. The number of fused-ring (bicyclic) bond motifs is 2. The van der Waals surface area contributed by atoms with Crippen molar-refractivity contribution in [2.24, 2.45) is 7.05 Å². The number of aromatic hydroxyl groups is 1. The number of aryl methyl sites for hydroxylation is 1. The second-order valence-corrected chi connectivity index (χ2v) is 9.72. The maximum absolute atomic E-state index is 16.1. The van der Waals surface area contributed by atoms with Crippen LogP contribution in [0.15, 0.2) is 24.4 Å². The molecule has 2 saturated heterocycles. The van der Waals surface area contributed by atoms with E-state index in [1.165, 1.54) is 17.1 Å². The highest BCUT2D eigenvalue weighted by Crippen LogP contribution is 2.47. The molecule has 3 aliphatic rings. The Hall–Kier alpha value is -3.21. The Morgan fingerprint density at radius 2 is 2.06 bits per heavy atom. The van der Waals surface area contributed by atoms with E-state index in [2.05, 4.69) is 35.9 Å². The Morgan fingerprint density at radius 1 is 1.24 bits per heavy atom. The number of hydrogen-bond donors (Lipinski definition) is 2. The third kappa shape index (κ3) is 3.49. The highest BCUT2D eigenvalue weighted by Gasteiger charge is 2.58. The predicted octanol–water partition coefficient (Wildman–Crippen LogP) is 2.41. The van der Waals surface area contributed by atoms with Crippen LogP contribution < -0.4 is 10.2 Å². The van der Waals surface area contributed by atoms with Gasteiger partial charge in [-0.2, -0.15) is 4.80 Å². The van der Waals surface area contributed by atoms with Gasteiger partial charge in [-0.25, -0.2) is 9.37 Å². The summed E-state index contributed by atoms with van der Waals surface area (Å²) >= 11 is 0. The fourth-order valence-corrected chi connectivity index (χ4v) is 5.28. The average molecular weight is 471 g/mol. The molecule has 0 unspecified atom stereocenters. The Bertz CT molecular complexity index is 1440. The lowest BCUT2D eigenvalue weighted by Gasteiger charge is -2.48. The van der Waals surface area contributed by atoms with Gasteiger partial charge in [-0.15, -0.1) is 20.4 Å². The summed E-state index contributed by atoms with van der Waals surface area (Å²) in [5.41, 5.74) is -0.607. The smallest absolute Gasteiger partial charge is 0.205 e. The van der Waals surface area contributed by atoms with Crippen LogP contribution in [0.4, 0.5) is 10.2 Å². The number of halogens is 1. The van der Waals surface area contributed by atoms with Gasteiger partial charge in [0.1, 0.15) is 11.9 Å². The van der Waals surface area contributed by atoms with Gasteiger partial charge >= 0.3 is 0 Å². The molecule has 1 saturated carbocycles. The first-order chi connectivity index (χ1) is 18.1. The number of phenolic OH excluding ortho intramolecular Hbond substituents is 1. The van der Waals surface area contributed by atoms with Crippen LogP contribution in [0.1, 0.15) is 52.7 Å². The van der Waals surface area contributed by atoms with Gasteiger partial charge in [0, 0.05) is 28.1 Å². The van der Waals surface area contributed by atoms with Gasteiger partial charge in [-0.1, -0.05) is 6.07 Å². The number of rotatable bonds is 5. The summed E-state index contributed by atoms with van der Waals surface area (Å²) in [4.78, 5) is 6.69. The topological polar surface area (TPSA) is 118 Å². The van der Waals surface area contributed by atoms with E-state index in [-0.39, 0.29) is 29.4 Å². The summed E-state index contributed by atoms with van der Waals surface area (Å²) in [7, 11) is 1.62. The van der Waals surface area contributed by atoms with Gasteiger partial charge in [-0.3, -0.25) is 0 Å². The van der Waals surface area contributed by atoms with Gasteiger partial charge in [0.2, 0.25) is 5.82 Å². The first-order valence-electron chi connectivity index (χ1n) is 13.6. The molecule has 3 fully saturated rings. The first-order valence-corrected chi connectivity index (χ1v) is 11.1. The lowest BCUT2D eigenvalue weighted by atomic mass is 9.82. The number of piperidine rings is 1. The van der Waals surface area contributed by atoms with Gasteiger partial charge in [0.25, 0.3) is 0 Å². The monoisotopic (exact) mass is 470 g/mol. The van der Waals surface area contributed by atoms with Crippen LogP contribution in [0.5, 0.6) is 5.75 Å². The summed E-state index contributed by atoms with van der Waals surface area (Å²) < 4.78 is 58.2. The molecule has 2 bridgehead atoms. The molecule has 0 radical (unpaired) electrons. The molecule has 4 heterocycles. The maximum atomic E-state index is 16.1. The molecule has 6 rings (SSSR count). The highest BCUT2D eigenvalue weighted by molar-refractivity contribution is 5.70. The van der Waals surface area contributed by atoms with E-state index in [4.69, 9.17) is 6.85 Å². The normalized spacial score (nSPS) is 36.5. The predicted molar refractivity (Wildman–Crippen MR) is 123 cm³/mol. The number of phenols is 1. The first kappa shape index (κ1) is 16.4. The zero-order chi connectivity index (χ0) is 28.2. The molecule has 2 aromatic heterocycles. The highest BCUT2D eigenvalue weighted by atomic mass is 19.1. The summed E-state index contributed by atoms with van der Waals surface area (Å²) in [6.45, 7) is 3.72. The molecule has 2 aliphatic heterocycles. The van der Waals surface area contributed by atoms with E-state index in [1.807, 2.05) is 6.92 Å². The zero-order valence-corrected chi connectivity index (χ0v) is 19.0. The van der Waals surface area contributed by atoms with Crippen LogP contribution in [-0.4, -0.2) is 69.8 Å². The van der Waals surface area contributed by atoms with Gasteiger partial charge in [-0.05, 0) is 63.2 Å². The van der Waals surface area contributed by atoms with E-state index in [0.717, 1.165) is 4.90 Å². The molecular weight excluding hydrogens is 437 g/mol. The Morgan fingerprint density at radius 3 is 2.71 bits per heavy atom. The third-order valence-electron chi connectivity index (χ3n) is 7.00. The second-order valence-electron chi connectivity index (χ2n) is 9.72. The van der Waals surface area contributed by atoms with E-state index in [9.17, 15) is 5.11 Å². The van der Waals surface area contributed by atoms with E-state index in [0.29, 0.717) is 24.2 Å². The fraction of sp³-hybridized carbons (Fsp3) is 0.565. The Labute approximate surface area is 203 Å². The minimum atomic E-state index is -2.59. The van der Waals surface area contributed by atoms with Crippen LogP contribution in [0, 0.1) is 0 Å². The lowest BCUT2D eigenvalue weighted by Crippen LogP contribution is -2.66. The van der Waals surface area contributed by atoms with E-state index in [1.54, 1.807) is 26.1 Å². The number of nitrogens with one attached hydrogen (secondary N) is 1. The van der Waals surface area contributed by atoms with Crippen LogP contribution >= 0.6 is 0 Å². The third-order valence-corrected chi connectivity index (χ3v) is 7.00. The van der Waals surface area contributed by atoms with E-state index < -0.39 is 42.1 Å². The summed E-state index contributed by atoms with van der Waals surface area (Å²) in [5, 5.41) is 34.1. The van der Waals surface area contributed by atoms with Crippen LogP contribution in [0.2, 0.25) is 0 Å². The van der Waals surface area contributed by atoms with Gasteiger partial charge in [0.05, 0.1) is 26.2 Å². The van der Waals surface area contributed by atoms with Crippen molar-refractivity contribution in [2.75, 3.05) is 4.90 Å². The molecule has 178 valence electrons. The minimum Gasteiger partial charge on any atom is -0.507 e. The molecule has 0 amide bonds. The van der Waals surface area contributed by atoms with Crippen molar-refractivity contribution < 1.29 is 16.4 Å². The number of anilines is 1. The van der Waals surface area contributed by atoms with Crippen molar-refractivity contribution in [1.82, 2.24) is 40.7 Å². The second kappa shape index (κ2) is 7.39. The molecule has 2 N–H and O–H groups in total. The van der Waals surface area contributed by atoms with Crippen molar-refractivity contribution in [3.8, 4) is 28.5 Å². The summed E-state index contributed by atoms with van der Waals surface area (Å²) in [6, 6.07) is 1.17. The fourth-order valence-electron chi connectivity index (χ4n) is 5.28. The number of nitrogens with zero attached hydrogens (tertiary/aromatic N) is 8. The van der Waals surface area contributed by atoms with Crippen LogP contribution in [0.3, 0.4) is 0 Å². The van der Waals surface area contributed by atoms with E-state index >= 15 is 4.39 Å². The zero-order valence-electron chi connectivity index (χ0n) is 24.0. The molecule has 3 aromatic rings. The number of alkyl halides is 1. The van der Waals surface area contributed by atoms with Crippen molar-refractivity contribution in [2.45, 2.75) is 75.2 Å². The van der Waals surface area contributed by atoms with Crippen molar-refractivity contribution in [1.29, 1.82) is 0 Å². The average Bonchev–Trinajstić information content (AvgIpc) is 3.28. The van der Waals surface area contributed by atoms with Crippen LogP contribution in [0.25, 0.3) is 22.8 Å². The Balaban J connectivity index is 1.38. The summed E-state index contributed by atoms with van der Waals surface area (Å²) in [5.74, 6) is 0.0758. The molecule has 11 heteroatoms. The summed E-state index contributed by atoms with van der Waals surface area (Å²) in [6.07, 6.45) is -4.01. The largest absolute Gasteiger partial charge is 0.507 e. The lowest BCUT2D eigenvalue weighted by molar-refractivity contribution is 0.0831. The molecular formula is C23H28FN9O. The van der Waals surface area contributed by atoms with Gasteiger partial charge in [0.15, 0.2) is 11.6 Å². The molecule has 0 spiro atoms. The SMILES string of the molecule is [2H]C1([2H])C([2H])([2H])C1([2H])N(c1cnc(-c2ccc(-c3nnn(C)n3)cc2O)nn1)[C@H]1C[C@]2(C)CC[C@@](C)(N2)[C@H]1F. The quantitative estimate of drug-likeness (QED) is 0.579. The number of benzene rings is 1. The number of tetrazole rings is 1. The molecule has 34 heavy (non-hydrogen) atoms.